The summed E-state index contributed by atoms with van der Waals surface area (Å²) in [5.74, 6) is 0.268. The fraction of sp³-hybridized carbons (Fsp3) is 0.625. The molecule has 0 spiro atoms. The third-order valence-electron chi connectivity index (χ3n) is 4.10. The fourth-order valence-electron chi connectivity index (χ4n) is 2.96. The van der Waals surface area contributed by atoms with E-state index in [0.29, 0.717) is 6.04 Å². The van der Waals surface area contributed by atoms with Gasteiger partial charge in [-0.2, -0.15) is 5.10 Å². The molecule has 2 rings (SSSR count). The Kier molecular flexibility index (Phi) is 4.94. The molecule has 1 atom stereocenters. The van der Waals surface area contributed by atoms with Gasteiger partial charge in [-0.05, 0) is 19.3 Å². The van der Waals surface area contributed by atoms with Crippen LogP contribution in [0.2, 0.25) is 0 Å². The van der Waals surface area contributed by atoms with E-state index >= 15 is 0 Å². The first kappa shape index (κ1) is 14.0. The maximum absolute atomic E-state index is 11.2. The monoisotopic (exact) mass is 260 g/mol. The third-order valence-corrected chi connectivity index (χ3v) is 4.10. The lowest BCUT2D eigenvalue weighted by Gasteiger charge is -2.14. The Bertz CT molecular complexity index is 428. The first-order valence-electron chi connectivity index (χ1n) is 7.41. The van der Waals surface area contributed by atoms with E-state index in [1.165, 1.54) is 38.5 Å². The molecular weight excluding hydrogens is 236 g/mol. The summed E-state index contributed by atoms with van der Waals surface area (Å²) in [5, 5.41) is 4.70. The molecule has 1 saturated carbocycles. The highest BCUT2D eigenvalue weighted by molar-refractivity contribution is 5.76. The summed E-state index contributed by atoms with van der Waals surface area (Å²) in [6, 6.07) is 0.478. The van der Waals surface area contributed by atoms with Gasteiger partial charge in [-0.3, -0.25) is 9.48 Å². The summed E-state index contributed by atoms with van der Waals surface area (Å²) < 4.78 is 2.05. The van der Waals surface area contributed by atoms with Crippen LogP contribution < -0.4 is 0 Å². The number of hydrogen-bond donors (Lipinski definition) is 0. The van der Waals surface area contributed by atoms with Gasteiger partial charge in [0, 0.05) is 12.1 Å². The molecule has 1 aromatic rings. The summed E-state index contributed by atoms with van der Waals surface area (Å²) in [6.45, 7) is 5.87. The quantitative estimate of drug-likeness (QED) is 0.450. The number of carbonyl (C=O) groups excluding carboxylic acids is 1. The lowest BCUT2D eigenvalue weighted by molar-refractivity contribution is 0.112. The molecule has 0 saturated heterocycles. The zero-order valence-electron chi connectivity index (χ0n) is 11.8. The van der Waals surface area contributed by atoms with Gasteiger partial charge in [0.25, 0.3) is 0 Å². The summed E-state index contributed by atoms with van der Waals surface area (Å²) >= 11 is 0. The molecule has 1 fully saturated rings. The van der Waals surface area contributed by atoms with Crippen LogP contribution in [-0.4, -0.2) is 16.1 Å². The SMILES string of the molecule is C=CCC(C)c1nn(C2CCCCCC2)cc1C=O. The summed E-state index contributed by atoms with van der Waals surface area (Å²) in [6.07, 6.45) is 13.2. The van der Waals surface area contributed by atoms with Crippen LogP contribution >= 0.6 is 0 Å². The Balaban J connectivity index is 2.21. The summed E-state index contributed by atoms with van der Waals surface area (Å²) in [5.41, 5.74) is 1.68. The van der Waals surface area contributed by atoms with E-state index in [1.54, 1.807) is 0 Å². The molecule has 1 unspecified atom stereocenters. The van der Waals surface area contributed by atoms with Gasteiger partial charge in [0.2, 0.25) is 0 Å². The third kappa shape index (κ3) is 3.34. The molecule has 1 aliphatic carbocycles. The number of aromatic nitrogens is 2. The number of nitrogens with zero attached hydrogens (tertiary/aromatic N) is 2. The van der Waals surface area contributed by atoms with E-state index < -0.39 is 0 Å². The van der Waals surface area contributed by atoms with Gasteiger partial charge < -0.3 is 0 Å². The summed E-state index contributed by atoms with van der Waals surface area (Å²) in [7, 11) is 0. The van der Waals surface area contributed by atoms with E-state index in [4.69, 9.17) is 5.10 Å². The molecule has 0 bridgehead atoms. The van der Waals surface area contributed by atoms with Crippen LogP contribution in [0.1, 0.15) is 79.9 Å². The van der Waals surface area contributed by atoms with Gasteiger partial charge in [-0.25, -0.2) is 0 Å². The minimum absolute atomic E-state index is 0.268. The van der Waals surface area contributed by atoms with Crippen molar-refractivity contribution in [3.63, 3.8) is 0 Å². The van der Waals surface area contributed by atoms with Crippen molar-refractivity contribution in [2.24, 2.45) is 0 Å². The zero-order valence-corrected chi connectivity index (χ0v) is 11.8. The number of rotatable bonds is 5. The van der Waals surface area contributed by atoms with Crippen LogP contribution in [0.25, 0.3) is 0 Å². The predicted molar refractivity (Wildman–Crippen MR) is 77.6 cm³/mol. The zero-order chi connectivity index (χ0) is 13.7. The first-order valence-corrected chi connectivity index (χ1v) is 7.41. The van der Waals surface area contributed by atoms with Crippen molar-refractivity contribution < 1.29 is 4.79 Å². The maximum Gasteiger partial charge on any atom is 0.153 e. The maximum atomic E-state index is 11.2. The normalized spacial score (nSPS) is 18.8. The smallest absolute Gasteiger partial charge is 0.153 e. The van der Waals surface area contributed by atoms with E-state index in [2.05, 4.69) is 13.5 Å². The van der Waals surface area contributed by atoms with Crippen molar-refractivity contribution in [2.45, 2.75) is 63.8 Å². The minimum atomic E-state index is 0.268. The molecule has 0 N–H and O–H groups in total. The molecule has 1 aliphatic rings. The Morgan fingerprint density at radius 2 is 2.11 bits per heavy atom. The highest BCUT2D eigenvalue weighted by Crippen LogP contribution is 2.29. The number of carbonyl (C=O) groups is 1. The molecular formula is C16H24N2O. The van der Waals surface area contributed by atoms with Gasteiger partial charge in [-0.15, -0.1) is 6.58 Å². The predicted octanol–water partition coefficient (Wildman–Crippen LogP) is 4.27. The molecule has 104 valence electrons. The Labute approximate surface area is 115 Å². The van der Waals surface area contributed by atoms with Crippen LogP contribution in [0, 0.1) is 0 Å². The highest BCUT2D eigenvalue weighted by Gasteiger charge is 2.19. The largest absolute Gasteiger partial charge is 0.298 e. The van der Waals surface area contributed by atoms with Crippen LogP contribution in [-0.2, 0) is 0 Å². The minimum Gasteiger partial charge on any atom is -0.298 e. The molecule has 3 heteroatoms. The molecule has 1 heterocycles. The van der Waals surface area contributed by atoms with E-state index in [1.807, 2.05) is 17.0 Å². The van der Waals surface area contributed by atoms with Crippen molar-refractivity contribution in [1.29, 1.82) is 0 Å². The average Bonchev–Trinajstić information content (AvgIpc) is 2.66. The number of hydrogen-bond acceptors (Lipinski definition) is 2. The second-order valence-electron chi connectivity index (χ2n) is 5.64. The van der Waals surface area contributed by atoms with Gasteiger partial charge in [0.15, 0.2) is 6.29 Å². The Morgan fingerprint density at radius 3 is 2.68 bits per heavy atom. The topological polar surface area (TPSA) is 34.9 Å². The van der Waals surface area contributed by atoms with Crippen LogP contribution in [0.5, 0.6) is 0 Å². The highest BCUT2D eigenvalue weighted by atomic mass is 16.1. The average molecular weight is 260 g/mol. The molecule has 0 amide bonds. The lowest BCUT2D eigenvalue weighted by Crippen LogP contribution is -2.09. The van der Waals surface area contributed by atoms with Crippen LogP contribution in [0.3, 0.4) is 0 Å². The van der Waals surface area contributed by atoms with E-state index in [0.717, 1.165) is 24.0 Å². The lowest BCUT2D eigenvalue weighted by atomic mass is 10.0. The van der Waals surface area contributed by atoms with Crippen molar-refractivity contribution in [1.82, 2.24) is 9.78 Å². The van der Waals surface area contributed by atoms with Gasteiger partial charge in [0.1, 0.15) is 0 Å². The van der Waals surface area contributed by atoms with Gasteiger partial charge in [0.05, 0.1) is 17.3 Å². The standard InChI is InChI=1S/C16H24N2O/c1-3-8-13(2)16-14(12-19)11-18(17-16)15-9-6-4-5-7-10-15/h3,11-13,15H,1,4-10H2,2H3. The number of aldehydes is 1. The first-order chi connectivity index (χ1) is 9.26. The molecule has 0 aliphatic heterocycles. The van der Waals surface area contributed by atoms with E-state index in [9.17, 15) is 4.79 Å². The van der Waals surface area contributed by atoms with Crippen molar-refractivity contribution in [3.05, 3.63) is 30.1 Å². The van der Waals surface area contributed by atoms with Crippen LogP contribution in [0.4, 0.5) is 0 Å². The molecule has 1 aromatic heterocycles. The molecule has 19 heavy (non-hydrogen) atoms. The molecule has 0 aromatic carbocycles. The fourth-order valence-corrected chi connectivity index (χ4v) is 2.96. The summed E-state index contributed by atoms with van der Waals surface area (Å²) in [4.78, 5) is 11.2. The molecule has 0 radical (unpaired) electrons. The van der Waals surface area contributed by atoms with Crippen molar-refractivity contribution >= 4 is 6.29 Å². The Hall–Kier alpha value is -1.38. The van der Waals surface area contributed by atoms with Crippen molar-refractivity contribution in [2.75, 3.05) is 0 Å². The van der Waals surface area contributed by atoms with E-state index in [-0.39, 0.29) is 5.92 Å². The number of allylic oxidation sites excluding steroid dienone is 1. The van der Waals surface area contributed by atoms with Gasteiger partial charge >= 0.3 is 0 Å². The second kappa shape index (κ2) is 6.69. The van der Waals surface area contributed by atoms with Crippen LogP contribution in [0.15, 0.2) is 18.9 Å². The molecule has 3 nitrogen and oxygen atoms in total. The van der Waals surface area contributed by atoms with Gasteiger partial charge in [-0.1, -0.05) is 38.7 Å². The van der Waals surface area contributed by atoms with Crippen molar-refractivity contribution in [3.8, 4) is 0 Å². The Morgan fingerprint density at radius 1 is 1.42 bits per heavy atom. The second-order valence-corrected chi connectivity index (χ2v) is 5.64.